The highest BCUT2D eigenvalue weighted by atomic mass is 19.1. The number of carbonyl (C=O) groups excluding carboxylic acids is 1. The van der Waals surface area contributed by atoms with E-state index < -0.39 is 23.1 Å². The van der Waals surface area contributed by atoms with E-state index >= 15 is 0 Å². The van der Waals surface area contributed by atoms with E-state index in [1.165, 1.54) is 13.0 Å². The number of nitrogens with one attached hydrogen (secondary N) is 1. The summed E-state index contributed by atoms with van der Waals surface area (Å²) in [6.07, 6.45) is 1.41. The number of rotatable bonds is 5. The zero-order chi connectivity index (χ0) is 14.6. The number of benzene rings is 1. The molecular formula is C14H20F2N2O. The number of carbonyl (C=O) groups is 1. The lowest BCUT2D eigenvalue weighted by Gasteiger charge is -2.26. The van der Waals surface area contributed by atoms with Crippen molar-refractivity contribution in [3.8, 4) is 0 Å². The summed E-state index contributed by atoms with van der Waals surface area (Å²) in [5.41, 5.74) is 5.62. The van der Waals surface area contributed by atoms with Gasteiger partial charge in [0.15, 0.2) is 0 Å². The molecule has 0 radical (unpaired) electrons. The molecular weight excluding hydrogens is 250 g/mol. The van der Waals surface area contributed by atoms with E-state index in [0.717, 1.165) is 6.07 Å². The number of nitrogens with two attached hydrogens (primary N) is 1. The van der Waals surface area contributed by atoms with E-state index in [4.69, 9.17) is 5.73 Å². The Labute approximate surface area is 112 Å². The van der Waals surface area contributed by atoms with Gasteiger partial charge in [-0.3, -0.25) is 4.79 Å². The van der Waals surface area contributed by atoms with Gasteiger partial charge < -0.3 is 11.1 Å². The van der Waals surface area contributed by atoms with Crippen molar-refractivity contribution in [2.45, 2.75) is 39.2 Å². The molecule has 0 heterocycles. The first-order chi connectivity index (χ1) is 8.83. The molecule has 19 heavy (non-hydrogen) atoms. The van der Waals surface area contributed by atoms with Crippen LogP contribution >= 0.6 is 0 Å². The summed E-state index contributed by atoms with van der Waals surface area (Å²) >= 11 is 0. The monoisotopic (exact) mass is 270 g/mol. The molecule has 0 aromatic heterocycles. The second-order valence-corrected chi connectivity index (χ2v) is 4.83. The van der Waals surface area contributed by atoms with Gasteiger partial charge in [0, 0.05) is 18.2 Å². The lowest BCUT2D eigenvalue weighted by atomic mass is 9.94. The topological polar surface area (TPSA) is 55.1 Å². The summed E-state index contributed by atoms with van der Waals surface area (Å²) in [7, 11) is 0. The predicted molar refractivity (Wildman–Crippen MR) is 70.9 cm³/mol. The van der Waals surface area contributed by atoms with Gasteiger partial charge in [-0.25, -0.2) is 8.78 Å². The maximum atomic E-state index is 13.5. The molecule has 0 aliphatic carbocycles. The fourth-order valence-corrected chi connectivity index (χ4v) is 1.68. The fraction of sp³-hybridized carbons (Fsp3) is 0.500. The molecule has 0 atom stereocenters. The van der Waals surface area contributed by atoms with Crippen molar-refractivity contribution in [3.63, 3.8) is 0 Å². The molecule has 0 fully saturated rings. The molecule has 0 aliphatic heterocycles. The van der Waals surface area contributed by atoms with E-state index in [-0.39, 0.29) is 17.7 Å². The Balaban J connectivity index is 2.82. The summed E-state index contributed by atoms with van der Waals surface area (Å²) in [6.45, 7) is 5.60. The van der Waals surface area contributed by atoms with Gasteiger partial charge >= 0.3 is 0 Å². The predicted octanol–water partition coefficient (Wildman–Crippen LogP) is 2.52. The quantitative estimate of drug-likeness (QED) is 0.863. The third-order valence-corrected chi connectivity index (χ3v) is 3.50. The van der Waals surface area contributed by atoms with Crippen LogP contribution < -0.4 is 11.1 Å². The largest absolute Gasteiger partial charge is 0.350 e. The van der Waals surface area contributed by atoms with Crippen LogP contribution in [0.1, 0.15) is 42.6 Å². The molecule has 0 saturated heterocycles. The summed E-state index contributed by atoms with van der Waals surface area (Å²) in [5, 5.41) is 2.60. The highest BCUT2D eigenvalue weighted by Crippen LogP contribution is 2.15. The minimum atomic E-state index is -0.865. The Morgan fingerprint density at radius 3 is 2.37 bits per heavy atom. The van der Waals surface area contributed by atoms with E-state index in [2.05, 4.69) is 5.32 Å². The van der Waals surface area contributed by atoms with Gasteiger partial charge in [-0.05, 0) is 31.4 Å². The van der Waals surface area contributed by atoms with Gasteiger partial charge in [-0.1, -0.05) is 13.8 Å². The van der Waals surface area contributed by atoms with Crippen LogP contribution in [0.15, 0.2) is 12.1 Å². The third-order valence-electron chi connectivity index (χ3n) is 3.50. The van der Waals surface area contributed by atoms with Crippen molar-refractivity contribution < 1.29 is 13.6 Å². The SMILES string of the molecule is CCC(N)(CC)CNC(=O)c1cc(C)c(F)cc1F. The van der Waals surface area contributed by atoms with Gasteiger partial charge in [0.2, 0.25) is 0 Å². The Hall–Kier alpha value is -1.49. The Bertz CT molecular complexity index is 471. The lowest BCUT2D eigenvalue weighted by molar-refractivity contribution is 0.0938. The number of amides is 1. The van der Waals surface area contributed by atoms with Gasteiger partial charge in [0.05, 0.1) is 5.56 Å². The van der Waals surface area contributed by atoms with Gasteiger partial charge in [-0.15, -0.1) is 0 Å². The van der Waals surface area contributed by atoms with Crippen LogP contribution in [0.4, 0.5) is 8.78 Å². The molecule has 0 unspecified atom stereocenters. The Morgan fingerprint density at radius 1 is 1.26 bits per heavy atom. The second-order valence-electron chi connectivity index (χ2n) is 4.83. The summed E-state index contributed by atoms with van der Waals surface area (Å²) < 4.78 is 26.6. The van der Waals surface area contributed by atoms with Crippen LogP contribution in [0.5, 0.6) is 0 Å². The number of hydrogen-bond donors (Lipinski definition) is 2. The normalized spacial score (nSPS) is 11.5. The Kier molecular flexibility index (Phi) is 5.00. The van der Waals surface area contributed by atoms with Crippen LogP contribution in [0.25, 0.3) is 0 Å². The smallest absolute Gasteiger partial charge is 0.254 e. The molecule has 1 aromatic rings. The molecule has 0 saturated carbocycles. The molecule has 1 aromatic carbocycles. The first-order valence-electron chi connectivity index (χ1n) is 6.35. The molecule has 0 aliphatic rings. The highest BCUT2D eigenvalue weighted by Gasteiger charge is 2.22. The van der Waals surface area contributed by atoms with Crippen molar-refractivity contribution in [2.24, 2.45) is 5.73 Å². The first-order valence-corrected chi connectivity index (χ1v) is 6.35. The van der Waals surface area contributed by atoms with E-state index in [1.807, 2.05) is 13.8 Å². The summed E-state index contributed by atoms with van der Waals surface area (Å²) in [5.74, 6) is -2.10. The molecule has 1 rings (SSSR count). The van der Waals surface area contributed by atoms with Crippen molar-refractivity contribution in [1.82, 2.24) is 5.32 Å². The zero-order valence-corrected chi connectivity index (χ0v) is 11.5. The van der Waals surface area contributed by atoms with Crippen molar-refractivity contribution >= 4 is 5.91 Å². The van der Waals surface area contributed by atoms with Crippen LogP contribution in [-0.2, 0) is 0 Å². The summed E-state index contributed by atoms with van der Waals surface area (Å²) in [6, 6.07) is 1.93. The first kappa shape index (κ1) is 15.6. The third kappa shape index (κ3) is 3.73. The number of hydrogen-bond acceptors (Lipinski definition) is 2. The molecule has 5 heteroatoms. The molecule has 0 bridgehead atoms. The average Bonchev–Trinajstić information content (AvgIpc) is 2.39. The summed E-state index contributed by atoms with van der Waals surface area (Å²) in [4.78, 5) is 11.9. The highest BCUT2D eigenvalue weighted by molar-refractivity contribution is 5.94. The minimum absolute atomic E-state index is 0.159. The minimum Gasteiger partial charge on any atom is -0.350 e. The van der Waals surface area contributed by atoms with Crippen molar-refractivity contribution in [1.29, 1.82) is 0 Å². The van der Waals surface area contributed by atoms with E-state index in [1.54, 1.807) is 0 Å². The van der Waals surface area contributed by atoms with Gasteiger partial charge in [0.1, 0.15) is 11.6 Å². The second kappa shape index (κ2) is 6.10. The number of aryl methyl sites for hydroxylation is 1. The Morgan fingerprint density at radius 2 is 1.84 bits per heavy atom. The van der Waals surface area contributed by atoms with Crippen molar-refractivity contribution in [2.75, 3.05) is 6.54 Å². The molecule has 0 spiro atoms. The lowest BCUT2D eigenvalue weighted by Crippen LogP contribution is -2.49. The fourth-order valence-electron chi connectivity index (χ4n) is 1.68. The van der Waals surface area contributed by atoms with Gasteiger partial charge in [-0.2, -0.15) is 0 Å². The van der Waals surface area contributed by atoms with Crippen LogP contribution in [-0.4, -0.2) is 18.0 Å². The van der Waals surface area contributed by atoms with Crippen LogP contribution in [0.3, 0.4) is 0 Å². The molecule has 3 N–H and O–H groups in total. The van der Waals surface area contributed by atoms with Crippen LogP contribution in [0, 0.1) is 18.6 Å². The molecule has 106 valence electrons. The molecule has 1 amide bonds. The maximum Gasteiger partial charge on any atom is 0.254 e. The van der Waals surface area contributed by atoms with E-state index in [9.17, 15) is 13.6 Å². The van der Waals surface area contributed by atoms with Crippen LogP contribution in [0.2, 0.25) is 0 Å². The average molecular weight is 270 g/mol. The van der Waals surface area contributed by atoms with Crippen molar-refractivity contribution in [3.05, 3.63) is 34.9 Å². The zero-order valence-electron chi connectivity index (χ0n) is 11.5. The maximum absolute atomic E-state index is 13.5. The molecule has 3 nitrogen and oxygen atoms in total. The standard InChI is InChI=1S/C14H20F2N2O/c1-4-14(17,5-2)8-18-13(19)10-6-9(3)11(15)7-12(10)16/h6-7H,4-5,8,17H2,1-3H3,(H,18,19). The van der Waals surface area contributed by atoms with Gasteiger partial charge in [0.25, 0.3) is 5.91 Å². The number of halogens is 2. The van der Waals surface area contributed by atoms with E-state index in [0.29, 0.717) is 12.8 Å².